The van der Waals surface area contributed by atoms with E-state index in [1.807, 2.05) is 0 Å². The Bertz CT molecular complexity index is 589. The maximum absolute atomic E-state index is 12.8. The van der Waals surface area contributed by atoms with Crippen LogP contribution in [0.25, 0.3) is 0 Å². The lowest BCUT2D eigenvalue weighted by Crippen LogP contribution is -2.30. The van der Waals surface area contributed by atoms with E-state index in [9.17, 15) is 13.5 Å². The lowest BCUT2D eigenvalue weighted by Gasteiger charge is -2.18. The summed E-state index contributed by atoms with van der Waals surface area (Å²) >= 11 is 0. The standard InChI is InChI=1S/C14H23NO4S/c1-9(2)12-5-6-15(7-12)20(17,18)14-11(4)19-10(3)13(14)8-16/h9,12,16H,5-8H2,1-4H3. The van der Waals surface area contributed by atoms with Gasteiger partial charge in [-0.15, -0.1) is 0 Å². The van der Waals surface area contributed by atoms with Crippen molar-refractivity contribution in [2.24, 2.45) is 11.8 Å². The fourth-order valence-electron chi connectivity index (χ4n) is 2.88. The molecule has 1 aromatic heterocycles. The van der Waals surface area contributed by atoms with E-state index in [2.05, 4.69) is 13.8 Å². The van der Waals surface area contributed by atoms with Gasteiger partial charge < -0.3 is 9.52 Å². The van der Waals surface area contributed by atoms with Crippen molar-refractivity contribution in [3.63, 3.8) is 0 Å². The zero-order chi connectivity index (χ0) is 15.1. The Morgan fingerprint density at radius 3 is 2.50 bits per heavy atom. The molecule has 0 aromatic carbocycles. The van der Waals surface area contributed by atoms with Gasteiger partial charge in [0.05, 0.1) is 6.61 Å². The number of furan rings is 1. The third-order valence-electron chi connectivity index (χ3n) is 4.21. The summed E-state index contributed by atoms with van der Waals surface area (Å²) in [7, 11) is -3.58. The first kappa shape index (κ1) is 15.5. The van der Waals surface area contributed by atoms with E-state index in [4.69, 9.17) is 4.42 Å². The van der Waals surface area contributed by atoms with Gasteiger partial charge in [-0.25, -0.2) is 8.42 Å². The van der Waals surface area contributed by atoms with Crippen molar-refractivity contribution in [3.05, 3.63) is 17.1 Å². The molecule has 0 saturated carbocycles. The summed E-state index contributed by atoms with van der Waals surface area (Å²) < 4.78 is 32.5. The van der Waals surface area contributed by atoms with E-state index in [0.717, 1.165) is 6.42 Å². The summed E-state index contributed by atoms with van der Waals surface area (Å²) in [4.78, 5) is 0.155. The minimum absolute atomic E-state index is 0.155. The van der Waals surface area contributed by atoms with E-state index < -0.39 is 10.0 Å². The van der Waals surface area contributed by atoms with Crippen molar-refractivity contribution in [2.45, 2.75) is 45.6 Å². The van der Waals surface area contributed by atoms with Crippen LogP contribution in [0.3, 0.4) is 0 Å². The molecule has 1 unspecified atom stereocenters. The highest BCUT2D eigenvalue weighted by atomic mass is 32.2. The second-order valence-corrected chi connectivity index (χ2v) is 7.71. The number of hydrogen-bond donors (Lipinski definition) is 1. The number of nitrogens with zero attached hydrogens (tertiary/aromatic N) is 1. The maximum Gasteiger partial charge on any atom is 0.246 e. The van der Waals surface area contributed by atoms with Crippen LogP contribution in [0.2, 0.25) is 0 Å². The molecule has 2 rings (SSSR count). The minimum atomic E-state index is -3.58. The molecule has 1 saturated heterocycles. The van der Waals surface area contributed by atoms with Gasteiger partial charge in [-0.3, -0.25) is 0 Å². The summed E-state index contributed by atoms with van der Waals surface area (Å²) in [6, 6.07) is 0. The van der Waals surface area contributed by atoms with Gasteiger partial charge >= 0.3 is 0 Å². The molecule has 114 valence electrons. The number of sulfonamides is 1. The fraction of sp³-hybridized carbons (Fsp3) is 0.714. The smallest absolute Gasteiger partial charge is 0.246 e. The minimum Gasteiger partial charge on any atom is -0.465 e. The monoisotopic (exact) mass is 301 g/mol. The molecule has 6 heteroatoms. The van der Waals surface area contributed by atoms with Gasteiger partial charge in [0.15, 0.2) is 0 Å². The molecule has 2 heterocycles. The highest BCUT2D eigenvalue weighted by Crippen LogP contribution is 2.33. The SMILES string of the molecule is Cc1oc(C)c(S(=O)(=O)N2CCC(C(C)C)C2)c1CO. The van der Waals surface area contributed by atoms with Gasteiger partial charge in [0.25, 0.3) is 0 Å². The molecule has 0 radical (unpaired) electrons. The topological polar surface area (TPSA) is 70.8 Å². The molecule has 1 aliphatic rings. The molecule has 0 bridgehead atoms. The zero-order valence-electron chi connectivity index (χ0n) is 12.5. The molecule has 1 N–H and O–H groups in total. The summed E-state index contributed by atoms with van der Waals surface area (Å²) in [5, 5.41) is 9.42. The normalized spacial score (nSPS) is 21.0. The van der Waals surface area contributed by atoms with Crippen LogP contribution in [0.15, 0.2) is 9.31 Å². The third-order valence-corrected chi connectivity index (χ3v) is 6.27. The van der Waals surface area contributed by atoms with Crippen LogP contribution in [0, 0.1) is 25.7 Å². The van der Waals surface area contributed by atoms with E-state index in [0.29, 0.717) is 42.0 Å². The van der Waals surface area contributed by atoms with Crippen LogP contribution < -0.4 is 0 Å². The van der Waals surface area contributed by atoms with Gasteiger partial charge in [-0.2, -0.15) is 4.31 Å². The first-order chi connectivity index (χ1) is 9.28. The van der Waals surface area contributed by atoms with Crippen LogP contribution in [0.1, 0.15) is 37.4 Å². The number of hydrogen-bond acceptors (Lipinski definition) is 4. The van der Waals surface area contributed by atoms with Crippen LogP contribution in [0.4, 0.5) is 0 Å². The Morgan fingerprint density at radius 2 is 2.00 bits per heavy atom. The molecule has 0 amide bonds. The summed E-state index contributed by atoms with van der Waals surface area (Å²) in [6.07, 6.45) is 0.890. The highest BCUT2D eigenvalue weighted by Gasteiger charge is 2.37. The highest BCUT2D eigenvalue weighted by molar-refractivity contribution is 7.89. The number of aliphatic hydroxyl groups excluding tert-OH is 1. The van der Waals surface area contributed by atoms with Gasteiger partial charge in [-0.1, -0.05) is 13.8 Å². The molecule has 1 fully saturated rings. The zero-order valence-corrected chi connectivity index (χ0v) is 13.3. The molecular weight excluding hydrogens is 278 g/mol. The van der Waals surface area contributed by atoms with Gasteiger partial charge in [0.1, 0.15) is 16.4 Å². The van der Waals surface area contributed by atoms with Crippen molar-refractivity contribution in [2.75, 3.05) is 13.1 Å². The van der Waals surface area contributed by atoms with Gasteiger partial charge in [0, 0.05) is 18.7 Å². The largest absolute Gasteiger partial charge is 0.465 e. The molecule has 5 nitrogen and oxygen atoms in total. The molecular formula is C14H23NO4S. The summed E-state index contributed by atoms with van der Waals surface area (Å²) in [5.74, 6) is 1.71. The fourth-order valence-corrected chi connectivity index (χ4v) is 4.79. The lowest BCUT2D eigenvalue weighted by molar-refractivity contribution is 0.276. The predicted octanol–water partition coefficient (Wildman–Crippen LogP) is 2.06. The molecule has 1 atom stereocenters. The number of aryl methyl sites for hydroxylation is 2. The number of aliphatic hydroxyl groups is 1. The Hall–Kier alpha value is -0.850. The first-order valence-corrected chi connectivity index (χ1v) is 8.43. The van der Waals surface area contributed by atoms with Crippen molar-refractivity contribution in [1.82, 2.24) is 4.31 Å². The van der Waals surface area contributed by atoms with Crippen molar-refractivity contribution in [3.8, 4) is 0 Å². The summed E-state index contributed by atoms with van der Waals surface area (Å²) in [6.45, 7) is 8.32. The quantitative estimate of drug-likeness (QED) is 0.924. The molecule has 20 heavy (non-hydrogen) atoms. The average molecular weight is 301 g/mol. The van der Waals surface area contributed by atoms with Crippen LogP contribution in [-0.4, -0.2) is 30.9 Å². The summed E-state index contributed by atoms with van der Waals surface area (Å²) in [5.41, 5.74) is 0.385. The van der Waals surface area contributed by atoms with Crippen molar-refractivity contribution >= 4 is 10.0 Å². The van der Waals surface area contributed by atoms with Crippen molar-refractivity contribution in [1.29, 1.82) is 0 Å². The molecule has 1 aromatic rings. The Balaban J connectivity index is 2.37. The van der Waals surface area contributed by atoms with E-state index in [1.54, 1.807) is 13.8 Å². The van der Waals surface area contributed by atoms with Crippen molar-refractivity contribution < 1.29 is 17.9 Å². The van der Waals surface area contributed by atoms with E-state index >= 15 is 0 Å². The van der Waals surface area contributed by atoms with Gasteiger partial charge in [-0.05, 0) is 32.1 Å². The second-order valence-electron chi connectivity index (χ2n) is 5.84. The van der Waals surface area contributed by atoms with E-state index in [-0.39, 0.29) is 11.5 Å². The Morgan fingerprint density at radius 1 is 1.35 bits per heavy atom. The Kier molecular flexibility index (Phi) is 4.27. The first-order valence-electron chi connectivity index (χ1n) is 6.99. The Labute approximate surface area is 120 Å². The molecule has 0 aliphatic carbocycles. The number of rotatable bonds is 4. The van der Waals surface area contributed by atoms with E-state index in [1.165, 1.54) is 4.31 Å². The maximum atomic E-state index is 12.8. The molecule has 1 aliphatic heterocycles. The second kappa shape index (κ2) is 5.50. The van der Waals surface area contributed by atoms with Crippen LogP contribution in [0.5, 0.6) is 0 Å². The third kappa shape index (κ3) is 2.52. The van der Waals surface area contributed by atoms with Gasteiger partial charge in [0.2, 0.25) is 10.0 Å². The van der Waals surface area contributed by atoms with Crippen LogP contribution >= 0.6 is 0 Å². The van der Waals surface area contributed by atoms with Crippen LogP contribution in [-0.2, 0) is 16.6 Å². The molecule has 0 spiro atoms. The predicted molar refractivity (Wildman–Crippen MR) is 75.8 cm³/mol. The lowest BCUT2D eigenvalue weighted by atomic mass is 9.96. The average Bonchev–Trinajstić information content (AvgIpc) is 2.93.